The summed E-state index contributed by atoms with van der Waals surface area (Å²) >= 11 is 12.2. The first-order chi connectivity index (χ1) is 25.5. The van der Waals surface area contributed by atoms with Gasteiger partial charge < -0.3 is 29.2 Å². The summed E-state index contributed by atoms with van der Waals surface area (Å²) in [5.74, 6) is 0.125. The van der Waals surface area contributed by atoms with Gasteiger partial charge in [0.2, 0.25) is 0 Å². The topological polar surface area (TPSA) is 172 Å². The summed E-state index contributed by atoms with van der Waals surface area (Å²) in [7, 11) is 0. The highest BCUT2D eigenvalue weighted by Crippen LogP contribution is 2.28. The number of aliphatic hydroxyl groups excluding tert-OH is 2. The van der Waals surface area contributed by atoms with Crippen LogP contribution in [0.15, 0.2) is 85.7 Å². The molecule has 2 atom stereocenters. The Balaban J connectivity index is 0.000000183. The van der Waals surface area contributed by atoms with Gasteiger partial charge in [-0.05, 0) is 62.4 Å². The molecule has 0 radical (unpaired) electrons. The number of hydrogen-bond acceptors (Lipinski definition) is 12. The van der Waals surface area contributed by atoms with E-state index in [1.54, 1.807) is 77.8 Å². The molecule has 0 unspecified atom stereocenters. The standard InChI is InChI=1S/C20H20ClN3O4.C17H16ClN3O4/c1-20(2)27-12-15(28-20)11-26-18-5-4-14(21)8-13(18)9-17(25)16-10-23-24-7-3-6-22-19(16)24;18-12-2-3-16(25-10-13(23)9-22)11(6-12)7-15(24)14-8-20-21-5-1-4-19-17(14)21/h3-8,10,15H,9,11-12H2,1-2H3;1-6,8,13,22-23H,7,9-10H2/t15-;13-/m01/s1. The second kappa shape index (κ2) is 16.8. The highest BCUT2D eigenvalue weighted by atomic mass is 35.5. The van der Waals surface area contributed by atoms with Crippen LogP contribution in [-0.4, -0.2) is 95.4 Å². The van der Waals surface area contributed by atoms with E-state index in [0.717, 1.165) is 0 Å². The number of hydrogen-bond donors (Lipinski definition) is 2. The third-order valence-corrected chi connectivity index (χ3v) is 8.51. The number of ether oxygens (including phenoxy) is 4. The molecule has 7 rings (SSSR count). The molecule has 2 aromatic carbocycles. The smallest absolute Gasteiger partial charge is 0.172 e. The lowest BCUT2D eigenvalue weighted by atomic mass is 10.0. The molecule has 5 heterocycles. The lowest BCUT2D eigenvalue weighted by Gasteiger charge is -2.18. The third kappa shape index (κ3) is 9.53. The fourth-order valence-electron chi connectivity index (χ4n) is 5.50. The van der Waals surface area contributed by atoms with Crippen LogP contribution in [0, 0.1) is 0 Å². The molecule has 16 heteroatoms. The van der Waals surface area contributed by atoms with E-state index in [4.69, 9.17) is 47.3 Å². The summed E-state index contributed by atoms with van der Waals surface area (Å²) in [5.41, 5.74) is 3.15. The summed E-state index contributed by atoms with van der Waals surface area (Å²) in [6.45, 7) is 4.02. The van der Waals surface area contributed by atoms with Gasteiger partial charge in [-0.3, -0.25) is 9.59 Å². The maximum atomic E-state index is 12.9. The van der Waals surface area contributed by atoms with Crippen LogP contribution in [-0.2, 0) is 22.3 Å². The lowest BCUT2D eigenvalue weighted by molar-refractivity contribution is -0.141. The molecule has 1 aliphatic rings. The van der Waals surface area contributed by atoms with E-state index >= 15 is 0 Å². The van der Waals surface area contributed by atoms with Crippen molar-refractivity contribution in [3.8, 4) is 11.5 Å². The first-order valence-electron chi connectivity index (χ1n) is 16.6. The Hall–Kier alpha value is -4.96. The van der Waals surface area contributed by atoms with Crippen molar-refractivity contribution in [2.24, 2.45) is 0 Å². The zero-order chi connectivity index (χ0) is 37.5. The van der Waals surface area contributed by atoms with Gasteiger partial charge in [0.1, 0.15) is 36.9 Å². The van der Waals surface area contributed by atoms with Gasteiger partial charge in [-0.15, -0.1) is 0 Å². The molecule has 0 aliphatic carbocycles. The number of Topliss-reactive ketones (excluding diaryl/α,β-unsaturated/α-hetero) is 2. The van der Waals surface area contributed by atoms with Gasteiger partial charge in [0.15, 0.2) is 28.6 Å². The van der Waals surface area contributed by atoms with Gasteiger partial charge in [-0.1, -0.05) is 23.2 Å². The maximum Gasteiger partial charge on any atom is 0.172 e. The average molecular weight is 764 g/mol. The van der Waals surface area contributed by atoms with Gasteiger partial charge in [-0.2, -0.15) is 10.2 Å². The number of fused-ring (bicyclic) bond motifs is 2. The van der Waals surface area contributed by atoms with Crippen LogP contribution in [0.2, 0.25) is 10.0 Å². The second-order valence-corrected chi connectivity index (χ2v) is 13.4. The van der Waals surface area contributed by atoms with Crippen LogP contribution in [0.3, 0.4) is 0 Å². The van der Waals surface area contributed by atoms with E-state index < -0.39 is 18.5 Å². The number of nitrogens with zero attached hydrogens (tertiary/aromatic N) is 6. The van der Waals surface area contributed by atoms with Crippen molar-refractivity contribution in [2.45, 2.75) is 44.7 Å². The predicted molar refractivity (Wildman–Crippen MR) is 194 cm³/mol. The first kappa shape index (κ1) is 37.8. The number of rotatable bonds is 13. The largest absolute Gasteiger partial charge is 0.491 e. The van der Waals surface area contributed by atoms with E-state index in [-0.39, 0.29) is 37.1 Å². The Morgan fingerprint density at radius 2 is 1.42 bits per heavy atom. The van der Waals surface area contributed by atoms with E-state index in [1.807, 2.05) is 13.8 Å². The minimum absolute atomic E-state index is 0.0447. The van der Waals surface area contributed by atoms with Crippen LogP contribution in [0.1, 0.15) is 45.7 Å². The van der Waals surface area contributed by atoms with Gasteiger partial charge in [-0.25, -0.2) is 19.0 Å². The molecule has 0 bridgehead atoms. The Morgan fingerprint density at radius 1 is 0.887 bits per heavy atom. The van der Waals surface area contributed by atoms with Gasteiger partial charge in [0.05, 0.1) is 36.7 Å². The third-order valence-electron chi connectivity index (χ3n) is 8.04. The Labute approximate surface area is 313 Å². The maximum absolute atomic E-state index is 12.9. The molecule has 0 spiro atoms. The van der Waals surface area contributed by atoms with Gasteiger partial charge >= 0.3 is 0 Å². The van der Waals surface area contributed by atoms with Crippen LogP contribution >= 0.6 is 23.2 Å². The molecule has 1 aliphatic heterocycles. The van der Waals surface area contributed by atoms with Crippen LogP contribution in [0.25, 0.3) is 11.3 Å². The Morgan fingerprint density at radius 3 is 1.91 bits per heavy atom. The van der Waals surface area contributed by atoms with E-state index in [9.17, 15) is 14.7 Å². The van der Waals surface area contributed by atoms with Crippen molar-refractivity contribution in [2.75, 3.05) is 26.4 Å². The van der Waals surface area contributed by atoms with Crippen molar-refractivity contribution in [3.63, 3.8) is 0 Å². The molecule has 0 saturated carbocycles. The summed E-state index contributed by atoms with van der Waals surface area (Å²) in [6, 6.07) is 13.6. The normalized spacial score (nSPS) is 15.5. The number of aliphatic hydroxyl groups is 2. The van der Waals surface area contributed by atoms with Crippen LogP contribution in [0.5, 0.6) is 11.5 Å². The molecule has 1 fully saturated rings. The zero-order valence-corrected chi connectivity index (χ0v) is 30.3. The summed E-state index contributed by atoms with van der Waals surface area (Å²) in [4.78, 5) is 33.9. The molecule has 276 valence electrons. The molecule has 1 saturated heterocycles. The molecule has 14 nitrogen and oxygen atoms in total. The molecule has 6 aromatic rings. The second-order valence-electron chi connectivity index (χ2n) is 12.5. The SMILES string of the molecule is CC1(C)OC[C@H](COc2ccc(Cl)cc2CC(=O)c2cnn3cccnc23)O1.O=C(Cc1cc(Cl)ccc1OC[C@H](O)CO)c1cnn2cccnc12. The molecule has 4 aromatic heterocycles. The van der Waals surface area contributed by atoms with Crippen LogP contribution < -0.4 is 9.47 Å². The quantitative estimate of drug-likeness (QED) is 0.153. The van der Waals surface area contributed by atoms with E-state index in [0.29, 0.717) is 68.3 Å². The number of benzene rings is 2. The Kier molecular flexibility index (Phi) is 12.0. The molecule has 0 amide bonds. The first-order valence-corrected chi connectivity index (χ1v) is 17.3. The lowest BCUT2D eigenvalue weighted by Crippen LogP contribution is -2.25. The number of carbonyl (C=O) groups excluding carboxylic acids is 2. The fourth-order valence-corrected chi connectivity index (χ4v) is 5.89. The number of ketones is 2. The average Bonchev–Trinajstić information content (AvgIpc) is 3.87. The summed E-state index contributed by atoms with van der Waals surface area (Å²) < 4.78 is 25.8. The molecule has 53 heavy (non-hydrogen) atoms. The van der Waals surface area contributed by atoms with Gasteiger partial charge in [0.25, 0.3) is 0 Å². The minimum atomic E-state index is -0.997. The Bertz CT molecular complexity index is 2220. The predicted octanol–water partition coefficient (Wildman–Crippen LogP) is 4.88. The van der Waals surface area contributed by atoms with E-state index in [1.165, 1.54) is 16.9 Å². The number of carbonyl (C=O) groups is 2. The highest BCUT2D eigenvalue weighted by Gasteiger charge is 2.33. The number of halogens is 2. The van der Waals surface area contributed by atoms with Crippen molar-refractivity contribution >= 4 is 46.1 Å². The van der Waals surface area contributed by atoms with E-state index in [2.05, 4.69) is 20.2 Å². The molecule has 2 N–H and O–H groups in total. The van der Waals surface area contributed by atoms with Crippen molar-refractivity contribution in [1.82, 2.24) is 29.2 Å². The zero-order valence-electron chi connectivity index (χ0n) is 28.8. The molecular formula is C37H36Cl2N6O8. The number of aromatic nitrogens is 6. The van der Waals surface area contributed by atoms with Gasteiger partial charge in [0, 0.05) is 58.8 Å². The van der Waals surface area contributed by atoms with Crippen molar-refractivity contribution in [1.29, 1.82) is 0 Å². The monoisotopic (exact) mass is 762 g/mol. The summed E-state index contributed by atoms with van der Waals surface area (Å²) in [6.07, 6.45) is 8.70. The summed E-state index contributed by atoms with van der Waals surface area (Å²) in [5, 5.41) is 27.6. The molecular weight excluding hydrogens is 727 g/mol. The van der Waals surface area contributed by atoms with Crippen molar-refractivity contribution in [3.05, 3.63) is 118 Å². The fraction of sp³-hybridized carbons (Fsp3) is 0.297. The minimum Gasteiger partial charge on any atom is -0.491 e. The highest BCUT2D eigenvalue weighted by molar-refractivity contribution is 6.31. The van der Waals surface area contributed by atoms with Crippen LogP contribution in [0.4, 0.5) is 0 Å². The van der Waals surface area contributed by atoms with Crippen molar-refractivity contribution < 1.29 is 38.7 Å².